The summed E-state index contributed by atoms with van der Waals surface area (Å²) in [6, 6.07) is 7.02. The second-order valence-electron chi connectivity index (χ2n) is 8.46. The molecule has 31 heavy (non-hydrogen) atoms. The summed E-state index contributed by atoms with van der Waals surface area (Å²) < 4.78 is 0. The van der Waals surface area contributed by atoms with E-state index in [2.05, 4.69) is 31.0 Å². The summed E-state index contributed by atoms with van der Waals surface area (Å²) in [6.07, 6.45) is 2.90. The van der Waals surface area contributed by atoms with Crippen molar-refractivity contribution < 1.29 is 9.90 Å². The Bertz CT molecular complexity index is 1030. The molecule has 1 aliphatic heterocycles. The molecule has 1 aromatic rings. The van der Waals surface area contributed by atoms with Crippen LogP contribution in [0.4, 0.5) is 0 Å². The van der Waals surface area contributed by atoms with Gasteiger partial charge in [0, 0.05) is 27.8 Å². The van der Waals surface area contributed by atoms with E-state index in [-0.39, 0.29) is 12.3 Å². The number of aliphatic imine (C=N–C) groups is 1. The van der Waals surface area contributed by atoms with E-state index < -0.39 is 12.0 Å². The molecule has 5 nitrogen and oxygen atoms in total. The van der Waals surface area contributed by atoms with Crippen LogP contribution in [0.3, 0.4) is 0 Å². The molecule has 0 saturated carbocycles. The molecule has 0 radical (unpaired) electrons. The molecule has 0 spiro atoms. The smallest absolute Gasteiger partial charge is 0.305 e. The standard InChI is InChI=1S/C25H30ClN3O2/c1-14-7-6-8-21-16(3)17(4)28-29-18(5)22(13-23(30)31)27-25(24(21)15(14)2)19-9-11-20(26)12-10-19/h9-12,16,22H,6-8,13H2,1-5H3,(H,30,31)/b27-25?,28-17-,29-18+/t16?,22-/m0/s1. The van der Waals surface area contributed by atoms with E-state index in [1.165, 1.54) is 16.7 Å². The monoisotopic (exact) mass is 439 g/mol. The third-order valence-corrected chi connectivity index (χ3v) is 6.59. The Balaban J connectivity index is 2.38. The first kappa shape index (κ1) is 23.1. The fraction of sp³-hybridized carbons (Fsp3) is 0.440. The van der Waals surface area contributed by atoms with E-state index in [9.17, 15) is 9.90 Å². The molecule has 1 aromatic carbocycles. The Hall–Kier alpha value is -2.53. The summed E-state index contributed by atoms with van der Waals surface area (Å²) in [6.45, 7) is 10.3. The van der Waals surface area contributed by atoms with Gasteiger partial charge in [0.2, 0.25) is 0 Å². The van der Waals surface area contributed by atoms with Crippen LogP contribution in [0.25, 0.3) is 0 Å². The molecular weight excluding hydrogens is 410 g/mol. The Morgan fingerprint density at radius 3 is 2.35 bits per heavy atom. The minimum Gasteiger partial charge on any atom is -0.481 e. The van der Waals surface area contributed by atoms with Gasteiger partial charge in [-0.3, -0.25) is 9.79 Å². The van der Waals surface area contributed by atoms with Gasteiger partial charge in [-0.15, -0.1) is 0 Å². The maximum Gasteiger partial charge on any atom is 0.305 e. The quantitative estimate of drug-likeness (QED) is 0.602. The number of carboxylic acids is 1. The number of carboxylic acid groups (broad SMARTS) is 1. The zero-order valence-electron chi connectivity index (χ0n) is 18.9. The molecular formula is C25H30ClN3O2. The summed E-state index contributed by atoms with van der Waals surface area (Å²) in [5.74, 6) is -0.802. The molecule has 1 N–H and O–H groups in total. The van der Waals surface area contributed by atoms with Crippen LogP contribution in [0, 0.1) is 5.92 Å². The van der Waals surface area contributed by atoms with Gasteiger partial charge in [0.05, 0.1) is 17.8 Å². The number of aliphatic carboxylic acids is 1. The van der Waals surface area contributed by atoms with Crippen LogP contribution in [0.1, 0.15) is 65.9 Å². The number of rotatable bonds is 3. The second kappa shape index (κ2) is 9.73. The summed E-state index contributed by atoms with van der Waals surface area (Å²) >= 11 is 6.16. The lowest BCUT2D eigenvalue weighted by Crippen LogP contribution is -2.25. The van der Waals surface area contributed by atoms with Crippen molar-refractivity contribution in [2.75, 3.05) is 0 Å². The number of halogens is 1. The second-order valence-corrected chi connectivity index (χ2v) is 8.90. The van der Waals surface area contributed by atoms with Gasteiger partial charge in [-0.25, -0.2) is 0 Å². The van der Waals surface area contributed by atoms with Gasteiger partial charge in [-0.05, 0) is 64.7 Å². The van der Waals surface area contributed by atoms with Crippen molar-refractivity contribution in [2.24, 2.45) is 21.1 Å². The van der Waals surface area contributed by atoms with E-state index >= 15 is 0 Å². The predicted octanol–water partition coefficient (Wildman–Crippen LogP) is 6.28. The van der Waals surface area contributed by atoms with E-state index in [1.54, 1.807) is 6.92 Å². The largest absolute Gasteiger partial charge is 0.481 e. The number of hydrogen-bond acceptors (Lipinski definition) is 4. The van der Waals surface area contributed by atoms with E-state index in [0.29, 0.717) is 10.7 Å². The van der Waals surface area contributed by atoms with Crippen molar-refractivity contribution in [2.45, 2.75) is 66.3 Å². The number of allylic oxidation sites excluding steroid dienone is 4. The third-order valence-electron chi connectivity index (χ3n) is 6.34. The summed E-state index contributed by atoms with van der Waals surface area (Å²) in [7, 11) is 0. The van der Waals surface area contributed by atoms with Crippen molar-refractivity contribution in [1.82, 2.24) is 0 Å². The fourth-order valence-corrected chi connectivity index (χ4v) is 4.26. The minimum absolute atomic E-state index is 0.112. The molecule has 2 atom stereocenters. The first-order valence-corrected chi connectivity index (χ1v) is 11.1. The fourth-order valence-electron chi connectivity index (χ4n) is 4.14. The highest BCUT2D eigenvalue weighted by Gasteiger charge is 2.28. The summed E-state index contributed by atoms with van der Waals surface area (Å²) in [5.41, 5.74) is 8.21. The zero-order chi connectivity index (χ0) is 22.7. The van der Waals surface area contributed by atoms with Crippen LogP contribution in [-0.4, -0.2) is 34.3 Å². The molecule has 1 aliphatic carbocycles. The highest BCUT2D eigenvalue weighted by Crippen LogP contribution is 2.36. The lowest BCUT2D eigenvalue weighted by molar-refractivity contribution is -0.137. The lowest BCUT2D eigenvalue weighted by Gasteiger charge is -2.25. The summed E-state index contributed by atoms with van der Waals surface area (Å²) in [5, 5.41) is 19.0. The van der Waals surface area contributed by atoms with Gasteiger partial charge in [0.15, 0.2) is 0 Å². The normalized spacial score (nSPS) is 26.2. The van der Waals surface area contributed by atoms with Gasteiger partial charge in [-0.1, -0.05) is 41.8 Å². The molecule has 3 rings (SSSR count). The number of carbonyl (C=O) groups is 1. The molecule has 1 unspecified atom stereocenters. The average molecular weight is 440 g/mol. The van der Waals surface area contributed by atoms with Crippen molar-refractivity contribution >= 4 is 34.7 Å². The molecule has 0 saturated heterocycles. The number of benzene rings is 1. The van der Waals surface area contributed by atoms with Gasteiger partial charge in [0.25, 0.3) is 0 Å². The molecule has 0 aromatic heterocycles. The van der Waals surface area contributed by atoms with Gasteiger partial charge >= 0.3 is 5.97 Å². The SMILES string of the molecule is CC1=C(C)C2=C(CCC1)C(C)/C(C)=N\N=C(/C)[C@H](CC(=O)O)N=C2c1ccc(Cl)cc1. The molecule has 164 valence electrons. The Labute approximate surface area is 189 Å². The van der Waals surface area contributed by atoms with Crippen LogP contribution < -0.4 is 0 Å². The highest BCUT2D eigenvalue weighted by atomic mass is 35.5. The highest BCUT2D eigenvalue weighted by molar-refractivity contribution is 6.30. The van der Waals surface area contributed by atoms with Gasteiger partial charge < -0.3 is 5.11 Å². The Kier molecular flexibility index (Phi) is 7.26. The Morgan fingerprint density at radius 2 is 1.71 bits per heavy atom. The van der Waals surface area contributed by atoms with E-state index in [4.69, 9.17) is 16.6 Å². The van der Waals surface area contributed by atoms with Crippen molar-refractivity contribution in [3.05, 3.63) is 57.1 Å². The van der Waals surface area contributed by atoms with Crippen molar-refractivity contribution in [3.63, 3.8) is 0 Å². The first-order chi connectivity index (χ1) is 14.7. The van der Waals surface area contributed by atoms with Crippen LogP contribution in [0.2, 0.25) is 5.02 Å². The molecule has 0 bridgehead atoms. The minimum atomic E-state index is -0.914. The number of hydrogen-bond donors (Lipinski definition) is 1. The molecule has 0 amide bonds. The molecule has 2 aliphatic rings. The predicted molar refractivity (Wildman–Crippen MR) is 129 cm³/mol. The van der Waals surface area contributed by atoms with Crippen LogP contribution in [0.5, 0.6) is 0 Å². The maximum absolute atomic E-state index is 11.6. The van der Waals surface area contributed by atoms with E-state index in [1.807, 2.05) is 31.2 Å². The Morgan fingerprint density at radius 1 is 1.06 bits per heavy atom. The van der Waals surface area contributed by atoms with Gasteiger partial charge in [-0.2, -0.15) is 10.2 Å². The first-order valence-electron chi connectivity index (χ1n) is 10.7. The maximum atomic E-state index is 11.6. The van der Waals surface area contributed by atoms with Crippen LogP contribution >= 0.6 is 11.6 Å². The molecule has 0 fully saturated rings. The lowest BCUT2D eigenvalue weighted by atomic mass is 9.83. The van der Waals surface area contributed by atoms with Crippen molar-refractivity contribution in [1.29, 1.82) is 0 Å². The van der Waals surface area contributed by atoms with Crippen LogP contribution in [0.15, 0.2) is 61.8 Å². The van der Waals surface area contributed by atoms with E-state index in [0.717, 1.165) is 41.8 Å². The average Bonchev–Trinajstić information content (AvgIpc) is 2.87. The summed E-state index contributed by atoms with van der Waals surface area (Å²) in [4.78, 5) is 16.7. The van der Waals surface area contributed by atoms with Crippen molar-refractivity contribution in [3.8, 4) is 0 Å². The van der Waals surface area contributed by atoms with Gasteiger partial charge in [0.1, 0.15) is 6.04 Å². The number of nitrogens with zero attached hydrogens (tertiary/aromatic N) is 3. The zero-order valence-corrected chi connectivity index (χ0v) is 19.6. The topological polar surface area (TPSA) is 74.4 Å². The third kappa shape index (κ3) is 5.21. The molecule has 1 heterocycles. The molecule has 6 heteroatoms. The van der Waals surface area contributed by atoms with Crippen LogP contribution in [-0.2, 0) is 4.79 Å².